The van der Waals surface area contributed by atoms with E-state index in [9.17, 15) is 9.90 Å². The molecule has 0 unspecified atom stereocenters. The minimum atomic E-state index is -0.195. The van der Waals surface area contributed by atoms with Crippen molar-refractivity contribution in [1.29, 1.82) is 10.5 Å². The molecule has 0 aliphatic heterocycles. The fourth-order valence-corrected chi connectivity index (χ4v) is 1.02. The van der Waals surface area contributed by atoms with E-state index in [1.165, 1.54) is 24.3 Å². The number of carbonyl (C=O) groups excluding carboxylic acids is 1. The van der Waals surface area contributed by atoms with E-state index in [0.29, 0.717) is 5.56 Å². The van der Waals surface area contributed by atoms with Crippen LogP contribution in [0.1, 0.15) is 5.56 Å². The molecule has 16 heavy (non-hydrogen) atoms. The lowest BCUT2D eigenvalue weighted by Gasteiger charge is -2.02. The molecule has 5 heteroatoms. The van der Waals surface area contributed by atoms with E-state index in [2.05, 4.69) is 4.74 Å². The number of carbonyl (C=O) groups is 1. The van der Waals surface area contributed by atoms with Gasteiger partial charge in [0.15, 0.2) is 11.5 Å². The SMILES string of the molecule is N#CC(C#N)=Cc1ccc(O)c(OC=O)c1. The van der Waals surface area contributed by atoms with E-state index in [0.717, 1.165) is 0 Å². The van der Waals surface area contributed by atoms with Crippen LogP contribution in [0.25, 0.3) is 6.08 Å². The quantitative estimate of drug-likeness (QED) is 0.605. The van der Waals surface area contributed by atoms with E-state index < -0.39 is 0 Å². The molecule has 78 valence electrons. The highest BCUT2D eigenvalue weighted by molar-refractivity contribution is 5.65. The zero-order valence-corrected chi connectivity index (χ0v) is 8.04. The fraction of sp³-hybridized carbons (Fsp3) is 0. The number of hydrogen-bond acceptors (Lipinski definition) is 5. The first-order valence-corrected chi connectivity index (χ1v) is 4.16. The summed E-state index contributed by atoms with van der Waals surface area (Å²) < 4.78 is 4.50. The van der Waals surface area contributed by atoms with E-state index in [-0.39, 0.29) is 23.5 Å². The molecular weight excluding hydrogens is 208 g/mol. The molecule has 0 fully saturated rings. The van der Waals surface area contributed by atoms with Gasteiger partial charge in [-0.05, 0) is 23.8 Å². The van der Waals surface area contributed by atoms with Crippen molar-refractivity contribution in [3.63, 3.8) is 0 Å². The van der Waals surface area contributed by atoms with Crippen LogP contribution in [-0.4, -0.2) is 11.6 Å². The van der Waals surface area contributed by atoms with Crippen molar-refractivity contribution in [2.75, 3.05) is 0 Å². The molecule has 0 radical (unpaired) electrons. The Morgan fingerprint density at radius 3 is 2.62 bits per heavy atom. The maximum absolute atomic E-state index is 10.1. The van der Waals surface area contributed by atoms with Gasteiger partial charge in [-0.1, -0.05) is 6.07 Å². The molecule has 0 aromatic heterocycles. The summed E-state index contributed by atoms with van der Waals surface area (Å²) in [6.07, 6.45) is 1.32. The van der Waals surface area contributed by atoms with Crippen LogP contribution < -0.4 is 4.74 Å². The maximum atomic E-state index is 10.1. The molecule has 0 atom stereocenters. The summed E-state index contributed by atoms with van der Waals surface area (Å²) in [5, 5.41) is 26.4. The van der Waals surface area contributed by atoms with Gasteiger partial charge in [-0.3, -0.25) is 4.79 Å². The summed E-state index contributed by atoms with van der Waals surface area (Å²) >= 11 is 0. The van der Waals surface area contributed by atoms with Crippen LogP contribution in [-0.2, 0) is 4.79 Å². The highest BCUT2D eigenvalue weighted by Gasteiger charge is 2.03. The van der Waals surface area contributed by atoms with Crippen LogP contribution in [0.15, 0.2) is 23.8 Å². The van der Waals surface area contributed by atoms with Gasteiger partial charge in [0.05, 0.1) is 0 Å². The van der Waals surface area contributed by atoms with Crippen LogP contribution in [0, 0.1) is 22.7 Å². The molecule has 5 nitrogen and oxygen atoms in total. The van der Waals surface area contributed by atoms with Crippen LogP contribution in [0.5, 0.6) is 11.5 Å². The number of aromatic hydroxyl groups is 1. The minimum Gasteiger partial charge on any atom is -0.504 e. The second kappa shape index (κ2) is 5.18. The molecule has 0 spiro atoms. The summed E-state index contributed by atoms with van der Waals surface area (Å²) in [5.74, 6) is -0.223. The van der Waals surface area contributed by atoms with E-state index >= 15 is 0 Å². The molecule has 0 amide bonds. The summed E-state index contributed by atoms with van der Waals surface area (Å²) in [4.78, 5) is 10.1. The molecule has 0 bridgehead atoms. The Morgan fingerprint density at radius 2 is 2.06 bits per heavy atom. The molecule has 1 rings (SSSR count). The van der Waals surface area contributed by atoms with Crippen molar-refractivity contribution in [1.82, 2.24) is 0 Å². The summed E-state index contributed by atoms with van der Waals surface area (Å²) in [6.45, 7) is 0.179. The molecule has 1 aromatic rings. The number of allylic oxidation sites excluding steroid dienone is 1. The predicted molar refractivity (Wildman–Crippen MR) is 54.0 cm³/mol. The van der Waals surface area contributed by atoms with E-state index in [4.69, 9.17) is 10.5 Å². The minimum absolute atomic E-state index is 0.0287. The Labute approximate surface area is 91.4 Å². The van der Waals surface area contributed by atoms with Gasteiger partial charge in [-0.15, -0.1) is 0 Å². The number of phenols is 1. The maximum Gasteiger partial charge on any atom is 0.298 e. The summed E-state index contributed by atoms with van der Waals surface area (Å²) in [7, 11) is 0. The van der Waals surface area contributed by atoms with E-state index in [1.807, 2.05) is 0 Å². The summed E-state index contributed by atoms with van der Waals surface area (Å²) in [5.41, 5.74) is 0.399. The molecule has 1 aromatic carbocycles. The van der Waals surface area contributed by atoms with E-state index in [1.54, 1.807) is 12.1 Å². The zero-order chi connectivity index (χ0) is 12.0. The van der Waals surface area contributed by atoms with Gasteiger partial charge >= 0.3 is 0 Å². The highest BCUT2D eigenvalue weighted by Crippen LogP contribution is 2.27. The first kappa shape index (κ1) is 11.3. The normalized spacial score (nSPS) is 8.38. The van der Waals surface area contributed by atoms with Gasteiger partial charge in [0.2, 0.25) is 0 Å². The van der Waals surface area contributed by atoms with Crippen molar-refractivity contribution >= 4 is 12.5 Å². The molecule has 0 aliphatic carbocycles. The van der Waals surface area contributed by atoms with Gasteiger partial charge in [-0.25, -0.2) is 0 Å². The number of ether oxygens (including phenoxy) is 1. The Hall–Kier alpha value is -2.79. The van der Waals surface area contributed by atoms with Crippen molar-refractivity contribution in [2.45, 2.75) is 0 Å². The topological polar surface area (TPSA) is 94.1 Å². The van der Waals surface area contributed by atoms with Crippen LogP contribution in [0.4, 0.5) is 0 Å². The van der Waals surface area contributed by atoms with Crippen molar-refractivity contribution in [3.8, 4) is 23.6 Å². The first-order valence-electron chi connectivity index (χ1n) is 4.16. The van der Waals surface area contributed by atoms with Crippen LogP contribution in [0.3, 0.4) is 0 Å². The van der Waals surface area contributed by atoms with Gasteiger partial charge in [-0.2, -0.15) is 10.5 Å². The van der Waals surface area contributed by atoms with Gasteiger partial charge in [0.1, 0.15) is 17.7 Å². The second-order valence-electron chi connectivity index (χ2n) is 2.72. The molecule has 0 saturated heterocycles. The molecule has 1 N–H and O–H groups in total. The van der Waals surface area contributed by atoms with Crippen LogP contribution in [0.2, 0.25) is 0 Å². The smallest absolute Gasteiger partial charge is 0.298 e. The third-order valence-electron chi connectivity index (χ3n) is 1.71. The third kappa shape index (κ3) is 2.60. The standard InChI is InChI=1S/C11H6N2O3/c12-5-9(6-13)3-8-1-2-10(15)11(4-8)16-7-14/h1-4,7,15H. The third-order valence-corrected chi connectivity index (χ3v) is 1.71. The average molecular weight is 214 g/mol. The Morgan fingerprint density at radius 1 is 1.38 bits per heavy atom. The number of hydrogen-bond donors (Lipinski definition) is 1. The van der Waals surface area contributed by atoms with Gasteiger partial charge in [0.25, 0.3) is 6.47 Å². The highest BCUT2D eigenvalue weighted by atomic mass is 16.5. The van der Waals surface area contributed by atoms with Crippen molar-refractivity contribution < 1.29 is 14.6 Å². The number of benzene rings is 1. The Kier molecular flexibility index (Phi) is 3.65. The lowest BCUT2D eigenvalue weighted by Crippen LogP contribution is -1.89. The number of phenolic OH excluding ortho intramolecular Hbond substituents is 1. The lowest BCUT2D eigenvalue weighted by atomic mass is 10.1. The Bertz CT molecular complexity index is 505. The zero-order valence-electron chi connectivity index (χ0n) is 8.04. The average Bonchev–Trinajstić information content (AvgIpc) is 2.30. The monoisotopic (exact) mass is 214 g/mol. The number of rotatable bonds is 3. The fourth-order valence-electron chi connectivity index (χ4n) is 1.02. The van der Waals surface area contributed by atoms with Crippen molar-refractivity contribution in [2.24, 2.45) is 0 Å². The second-order valence-corrected chi connectivity index (χ2v) is 2.72. The first-order chi connectivity index (χ1) is 7.71. The molecule has 0 saturated carbocycles. The van der Waals surface area contributed by atoms with Crippen molar-refractivity contribution in [3.05, 3.63) is 29.3 Å². The number of nitriles is 2. The largest absolute Gasteiger partial charge is 0.504 e. The molecular formula is C11H6N2O3. The molecule has 0 aliphatic rings. The Balaban J connectivity index is 3.14. The molecule has 0 heterocycles. The van der Waals surface area contributed by atoms with Crippen LogP contribution >= 0.6 is 0 Å². The lowest BCUT2D eigenvalue weighted by molar-refractivity contribution is -0.120. The van der Waals surface area contributed by atoms with Gasteiger partial charge in [0, 0.05) is 0 Å². The predicted octanol–water partition coefficient (Wildman–Crippen LogP) is 1.36. The van der Waals surface area contributed by atoms with Gasteiger partial charge < -0.3 is 9.84 Å². The number of nitrogens with zero attached hydrogens (tertiary/aromatic N) is 2. The summed E-state index contributed by atoms with van der Waals surface area (Å²) in [6, 6.07) is 7.52.